The molecule has 1 amide bonds. The number of sulfonamides is 1. The van der Waals surface area contributed by atoms with Crippen LogP contribution in [-0.4, -0.2) is 20.9 Å². The molecule has 0 unspecified atom stereocenters. The van der Waals surface area contributed by atoms with Crippen LogP contribution in [0.4, 0.5) is 0 Å². The van der Waals surface area contributed by atoms with Crippen LogP contribution in [-0.2, 0) is 21.2 Å². The van der Waals surface area contributed by atoms with Crippen LogP contribution in [0.2, 0.25) is 0 Å². The molecule has 0 fully saturated rings. The number of hydrogen-bond donors (Lipinski definition) is 1. The summed E-state index contributed by atoms with van der Waals surface area (Å²) in [7, 11) is -4.03. The number of nitrogens with zero attached hydrogens (tertiary/aromatic N) is 1. The molecule has 2 aromatic carbocycles. The van der Waals surface area contributed by atoms with Crippen LogP contribution in [0.5, 0.6) is 5.75 Å². The second kappa shape index (κ2) is 6.34. The van der Waals surface area contributed by atoms with Gasteiger partial charge in [0.2, 0.25) is 5.91 Å². The molecular formula is C17H14N2O4S. The number of hydrogen-bond acceptors (Lipinski definition) is 5. The van der Waals surface area contributed by atoms with Crippen LogP contribution in [0.3, 0.4) is 0 Å². The van der Waals surface area contributed by atoms with Gasteiger partial charge in [0.1, 0.15) is 12.4 Å². The van der Waals surface area contributed by atoms with Crippen molar-refractivity contribution in [3.05, 3.63) is 59.7 Å². The predicted molar refractivity (Wildman–Crippen MR) is 85.6 cm³/mol. The number of nitriles is 1. The maximum atomic E-state index is 12.3. The van der Waals surface area contributed by atoms with E-state index in [0.29, 0.717) is 12.2 Å². The summed E-state index contributed by atoms with van der Waals surface area (Å²) in [5.41, 5.74) is 1.08. The van der Waals surface area contributed by atoms with Crippen molar-refractivity contribution in [1.82, 2.24) is 4.72 Å². The molecule has 1 aliphatic heterocycles. The summed E-state index contributed by atoms with van der Waals surface area (Å²) in [5, 5.41) is 8.86. The first-order valence-electron chi connectivity index (χ1n) is 7.27. The van der Waals surface area contributed by atoms with Crippen molar-refractivity contribution in [2.45, 2.75) is 11.3 Å². The zero-order valence-corrected chi connectivity index (χ0v) is 13.4. The van der Waals surface area contributed by atoms with Gasteiger partial charge in [-0.25, -0.2) is 13.1 Å². The van der Waals surface area contributed by atoms with E-state index in [0.717, 1.165) is 5.56 Å². The molecule has 3 rings (SSSR count). The van der Waals surface area contributed by atoms with Crippen LogP contribution in [0.25, 0.3) is 0 Å². The third-order valence-corrected chi connectivity index (χ3v) is 5.10. The van der Waals surface area contributed by atoms with Gasteiger partial charge in [0, 0.05) is 0 Å². The van der Waals surface area contributed by atoms with Crippen LogP contribution < -0.4 is 9.46 Å². The van der Waals surface area contributed by atoms with E-state index in [2.05, 4.69) is 4.72 Å². The zero-order chi connectivity index (χ0) is 17.2. The van der Waals surface area contributed by atoms with Gasteiger partial charge in [-0.15, -0.1) is 0 Å². The smallest absolute Gasteiger partial charge is 0.264 e. The number of ether oxygens (including phenoxy) is 1. The standard InChI is InChI=1S/C17H14N2O4S/c18-10-12-4-3-6-15(8-12)24(21,22)19-17(20)14-9-13-5-1-2-7-16(13)23-11-14/h1-8,14H,9,11H2,(H,19,20)/t14-/m1/s1. The van der Waals surface area contributed by atoms with E-state index < -0.39 is 21.8 Å². The molecule has 122 valence electrons. The molecule has 6 nitrogen and oxygen atoms in total. The molecule has 0 aliphatic carbocycles. The number of fused-ring (bicyclic) bond motifs is 1. The van der Waals surface area contributed by atoms with Gasteiger partial charge < -0.3 is 4.74 Å². The maximum Gasteiger partial charge on any atom is 0.264 e. The maximum absolute atomic E-state index is 12.3. The van der Waals surface area contributed by atoms with E-state index in [1.807, 2.05) is 30.3 Å². The van der Waals surface area contributed by atoms with Crippen LogP contribution in [0, 0.1) is 17.2 Å². The minimum atomic E-state index is -4.03. The Morgan fingerprint density at radius 1 is 1.21 bits per heavy atom. The van der Waals surface area contributed by atoms with Gasteiger partial charge in [-0.3, -0.25) is 4.79 Å². The first-order valence-corrected chi connectivity index (χ1v) is 8.75. The minimum Gasteiger partial charge on any atom is -0.492 e. The third kappa shape index (κ3) is 3.24. The highest BCUT2D eigenvalue weighted by Gasteiger charge is 2.29. The lowest BCUT2D eigenvalue weighted by Gasteiger charge is -2.24. The van der Waals surface area contributed by atoms with E-state index in [1.165, 1.54) is 24.3 Å². The number of carbonyl (C=O) groups excluding carboxylic acids is 1. The van der Waals surface area contributed by atoms with Crippen molar-refractivity contribution in [1.29, 1.82) is 5.26 Å². The largest absolute Gasteiger partial charge is 0.492 e. The highest BCUT2D eigenvalue weighted by atomic mass is 32.2. The third-order valence-electron chi connectivity index (χ3n) is 3.76. The van der Waals surface area contributed by atoms with Gasteiger partial charge in [0.05, 0.1) is 22.4 Å². The van der Waals surface area contributed by atoms with Crippen molar-refractivity contribution in [2.24, 2.45) is 5.92 Å². The highest BCUT2D eigenvalue weighted by molar-refractivity contribution is 7.90. The summed E-state index contributed by atoms with van der Waals surface area (Å²) < 4.78 is 32.2. The van der Waals surface area contributed by atoms with Crippen molar-refractivity contribution in [3.8, 4) is 11.8 Å². The van der Waals surface area contributed by atoms with Gasteiger partial charge in [0.15, 0.2) is 0 Å². The highest BCUT2D eigenvalue weighted by Crippen LogP contribution is 2.27. The molecule has 1 heterocycles. The molecule has 1 atom stereocenters. The Hall–Kier alpha value is -2.85. The second-order valence-electron chi connectivity index (χ2n) is 5.43. The topological polar surface area (TPSA) is 96.3 Å². The zero-order valence-electron chi connectivity index (χ0n) is 12.6. The normalized spacial score (nSPS) is 16.4. The van der Waals surface area contributed by atoms with E-state index in [9.17, 15) is 13.2 Å². The summed E-state index contributed by atoms with van der Waals surface area (Å²) in [6, 6.07) is 14.7. The Bertz CT molecular complexity index is 932. The molecule has 0 aromatic heterocycles. The number of benzene rings is 2. The average Bonchev–Trinajstić information content (AvgIpc) is 2.61. The molecule has 7 heteroatoms. The van der Waals surface area contributed by atoms with E-state index in [4.69, 9.17) is 10.00 Å². The summed E-state index contributed by atoms with van der Waals surface area (Å²) in [6.07, 6.45) is 0.412. The Labute approximate surface area is 139 Å². The number of nitrogens with one attached hydrogen (secondary N) is 1. The predicted octanol–water partition coefficient (Wildman–Crippen LogP) is 1.61. The fourth-order valence-corrected chi connectivity index (χ4v) is 3.59. The Kier molecular flexibility index (Phi) is 4.23. The molecule has 24 heavy (non-hydrogen) atoms. The van der Waals surface area contributed by atoms with Crippen LogP contribution >= 0.6 is 0 Å². The molecule has 0 saturated heterocycles. The first-order chi connectivity index (χ1) is 11.5. The molecule has 0 bridgehead atoms. The lowest BCUT2D eigenvalue weighted by molar-refractivity contribution is -0.124. The lowest BCUT2D eigenvalue weighted by atomic mass is 9.96. The van der Waals surface area contributed by atoms with Crippen LogP contribution in [0.15, 0.2) is 53.4 Å². The Morgan fingerprint density at radius 2 is 2.00 bits per heavy atom. The van der Waals surface area contributed by atoms with Crippen molar-refractivity contribution >= 4 is 15.9 Å². The molecule has 0 saturated carbocycles. The quantitative estimate of drug-likeness (QED) is 0.914. The average molecular weight is 342 g/mol. The van der Waals surface area contributed by atoms with Crippen LogP contribution in [0.1, 0.15) is 11.1 Å². The molecule has 1 aliphatic rings. The molecule has 0 spiro atoms. The van der Waals surface area contributed by atoms with Gasteiger partial charge in [-0.05, 0) is 36.2 Å². The minimum absolute atomic E-state index is 0.118. The number of carbonyl (C=O) groups is 1. The monoisotopic (exact) mass is 342 g/mol. The molecular weight excluding hydrogens is 328 g/mol. The molecule has 2 aromatic rings. The lowest BCUT2D eigenvalue weighted by Crippen LogP contribution is -2.40. The van der Waals surface area contributed by atoms with Gasteiger partial charge in [-0.2, -0.15) is 5.26 Å². The second-order valence-corrected chi connectivity index (χ2v) is 7.11. The van der Waals surface area contributed by atoms with Gasteiger partial charge in [0.25, 0.3) is 10.0 Å². The fourth-order valence-electron chi connectivity index (χ4n) is 2.50. The SMILES string of the molecule is N#Cc1cccc(S(=O)(=O)NC(=O)[C@H]2COc3ccccc3C2)c1. The molecule has 1 N–H and O–H groups in total. The Morgan fingerprint density at radius 3 is 2.79 bits per heavy atom. The Balaban J connectivity index is 1.76. The fraction of sp³-hybridized carbons (Fsp3) is 0.176. The van der Waals surface area contributed by atoms with E-state index in [-0.39, 0.29) is 17.1 Å². The van der Waals surface area contributed by atoms with Crippen molar-refractivity contribution in [2.75, 3.05) is 6.61 Å². The summed E-state index contributed by atoms with van der Waals surface area (Å²) in [5.74, 6) is -0.494. The van der Waals surface area contributed by atoms with Crippen molar-refractivity contribution in [3.63, 3.8) is 0 Å². The summed E-state index contributed by atoms with van der Waals surface area (Å²) in [4.78, 5) is 12.2. The van der Waals surface area contributed by atoms with Gasteiger partial charge >= 0.3 is 0 Å². The number of rotatable bonds is 3. The van der Waals surface area contributed by atoms with Crippen molar-refractivity contribution < 1.29 is 17.9 Å². The summed E-state index contributed by atoms with van der Waals surface area (Å²) >= 11 is 0. The van der Waals surface area contributed by atoms with E-state index in [1.54, 1.807) is 0 Å². The van der Waals surface area contributed by atoms with Gasteiger partial charge in [-0.1, -0.05) is 24.3 Å². The first kappa shape index (κ1) is 16.0. The van der Waals surface area contributed by atoms with E-state index >= 15 is 0 Å². The number of para-hydroxylation sites is 1. The number of amides is 1. The molecule has 0 radical (unpaired) electrons. The summed E-state index contributed by atoms with van der Waals surface area (Å²) in [6.45, 7) is 0.122.